The van der Waals surface area contributed by atoms with Crippen LogP contribution >= 0.6 is 11.6 Å². The van der Waals surface area contributed by atoms with E-state index in [1.807, 2.05) is 12.1 Å². The van der Waals surface area contributed by atoms with E-state index >= 15 is 0 Å². The summed E-state index contributed by atoms with van der Waals surface area (Å²) in [6.07, 6.45) is 4.39. The van der Waals surface area contributed by atoms with Crippen molar-refractivity contribution >= 4 is 23.3 Å². The number of rotatable bonds is 4. The van der Waals surface area contributed by atoms with Crippen LogP contribution in [0.4, 0.5) is 5.82 Å². The highest BCUT2D eigenvalue weighted by molar-refractivity contribution is 6.33. The number of anilines is 1. The number of hydrogen-bond acceptors (Lipinski definition) is 3. The lowest BCUT2D eigenvalue weighted by Crippen LogP contribution is -2.44. The number of nitrogens with zero attached hydrogens (tertiary/aromatic N) is 2. The molecule has 1 saturated heterocycles. The van der Waals surface area contributed by atoms with Crippen molar-refractivity contribution in [2.45, 2.75) is 37.6 Å². The molecule has 5 nitrogen and oxygen atoms in total. The summed E-state index contributed by atoms with van der Waals surface area (Å²) in [7, 11) is 0. The monoisotopic (exact) mass is 344 g/mol. The van der Waals surface area contributed by atoms with Crippen molar-refractivity contribution < 1.29 is 4.79 Å². The van der Waals surface area contributed by atoms with Crippen LogP contribution in [-0.2, 0) is 0 Å². The van der Waals surface area contributed by atoms with Gasteiger partial charge in [-0.15, -0.1) is 0 Å². The first-order valence-corrected chi connectivity index (χ1v) is 8.94. The molecule has 2 aromatic rings. The molecule has 1 aromatic carbocycles. The summed E-state index contributed by atoms with van der Waals surface area (Å²) >= 11 is 6.09. The van der Waals surface area contributed by atoms with Gasteiger partial charge in [0.25, 0.3) is 5.91 Å². The van der Waals surface area contributed by atoms with E-state index < -0.39 is 0 Å². The zero-order valence-electron chi connectivity index (χ0n) is 13.5. The smallest absolute Gasteiger partial charge is 0.253 e. The summed E-state index contributed by atoms with van der Waals surface area (Å²) in [6, 6.07) is 9.53. The lowest BCUT2D eigenvalue weighted by Gasteiger charge is -2.32. The van der Waals surface area contributed by atoms with Crippen LogP contribution in [0, 0.1) is 0 Å². The van der Waals surface area contributed by atoms with Gasteiger partial charge in [-0.3, -0.25) is 9.89 Å². The molecule has 1 aliphatic carbocycles. The summed E-state index contributed by atoms with van der Waals surface area (Å²) in [6.45, 7) is 1.81. The quantitative estimate of drug-likeness (QED) is 0.894. The highest BCUT2D eigenvalue weighted by Crippen LogP contribution is 2.40. The Morgan fingerprint density at radius 3 is 2.67 bits per heavy atom. The number of aromatic nitrogens is 2. The van der Waals surface area contributed by atoms with Crippen LogP contribution in [0.15, 0.2) is 30.3 Å². The van der Waals surface area contributed by atoms with Crippen molar-refractivity contribution in [3.05, 3.63) is 46.6 Å². The molecule has 1 saturated carbocycles. The molecular weight excluding hydrogens is 324 g/mol. The molecule has 0 bridgehead atoms. The summed E-state index contributed by atoms with van der Waals surface area (Å²) < 4.78 is 0. The summed E-state index contributed by atoms with van der Waals surface area (Å²) in [5.74, 6) is 1.64. The number of carbonyl (C=O) groups excluding carboxylic acids is 1. The topological polar surface area (TPSA) is 61.0 Å². The minimum atomic E-state index is -0.0881. The maximum atomic E-state index is 12.3. The lowest BCUT2D eigenvalue weighted by atomic mass is 10.0. The molecule has 126 valence electrons. The van der Waals surface area contributed by atoms with Gasteiger partial charge < -0.3 is 10.2 Å². The van der Waals surface area contributed by atoms with Crippen molar-refractivity contribution in [1.82, 2.24) is 15.5 Å². The maximum absolute atomic E-state index is 12.3. The van der Waals surface area contributed by atoms with Gasteiger partial charge in [-0.05, 0) is 37.8 Å². The first-order valence-electron chi connectivity index (χ1n) is 8.56. The third-order valence-electron chi connectivity index (χ3n) is 4.87. The van der Waals surface area contributed by atoms with Gasteiger partial charge in [0.1, 0.15) is 0 Å². The van der Waals surface area contributed by atoms with Crippen molar-refractivity contribution in [2.75, 3.05) is 18.0 Å². The van der Waals surface area contributed by atoms with Gasteiger partial charge >= 0.3 is 0 Å². The third kappa shape index (κ3) is 3.26. The van der Waals surface area contributed by atoms with E-state index in [0.717, 1.165) is 31.7 Å². The minimum Gasteiger partial charge on any atom is -0.355 e. The van der Waals surface area contributed by atoms with E-state index in [2.05, 4.69) is 26.5 Å². The van der Waals surface area contributed by atoms with Gasteiger partial charge in [0.2, 0.25) is 0 Å². The molecule has 1 aromatic heterocycles. The molecule has 0 atom stereocenters. The van der Waals surface area contributed by atoms with Crippen LogP contribution in [0.1, 0.15) is 47.7 Å². The fraction of sp³-hybridized carbons (Fsp3) is 0.444. The standard InChI is InChI=1S/C18H21ClN4O/c19-15-4-2-1-3-14(15)18(24)20-13-7-9-23(10-8-13)17-11-16(21-22-17)12-5-6-12/h1-4,11-13H,5-10H2,(H,20,24)(H,21,22). The van der Waals surface area contributed by atoms with E-state index in [1.165, 1.54) is 18.5 Å². The zero-order chi connectivity index (χ0) is 16.5. The van der Waals surface area contributed by atoms with Crippen molar-refractivity contribution in [3.8, 4) is 0 Å². The number of piperidine rings is 1. The van der Waals surface area contributed by atoms with E-state index in [0.29, 0.717) is 16.5 Å². The second kappa shape index (κ2) is 6.48. The highest BCUT2D eigenvalue weighted by atomic mass is 35.5. The van der Waals surface area contributed by atoms with Gasteiger partial charge in [-0.1, -0.05) is 23.7 Å². The van der Waals surface area contributed by atoms with E-state index in [1.54, 1.807) is 12.1 Å². The first-order chi connectivity index (χ1) is 11.7. The van der Waals surface area contributed by atoms with Crippen LogP contribution in [0.2, 0.25) is 5.02 Å². The van der Waals surface area contributed by atoms with Crippen LogP contribution in [0.25, 0.3) is 0 Å². The van der Waals surface area contributed by atoms with Crippen molar-refractivity contribution in [3.63, 3.8) is 0 Å². The molecule has 2 aliphatic rings. The normalized spacial score (nSPS) is 18.6. The predicted octanol–water partition coefficient (Wildman–Crippen LogP) is 3.34. The molecule has 0 radical (unpaired) electrons. The van der Waals surface area contributed by atoms with E-state index in [-0.39, 0.29) is 11.9 Å². The van der Waals surface area contributed by atoms with Gasteiger partial charge in [0.05, 0.1) is 10.6 Å². The van der Waals surface area contributed by atoms with Crippen LogP contribution in [0.3, 0.4) is 0 Å². The number of aromatic amines is 1. The number of nitrogens with one attached hydrogen (secondary N) is 2. The average molecular weight is 345 g/mol. The molecular formula is C18H21ClN4O. The van der Waals surface area contributed by atoms with Crippen molar-refractivity contribution in [1.29, 1.82) is 0 Å². The molecule has 24 heavy (non-hydrogen) atoms. The first kappa shape index (κ1) is 15.5. The molecule has 4 rings (SSSR count). The Hall–Kier alpha value is -2.01. The molecule has 6 heteroatoms. The Morgan fingerprint density at radius 2 is 1.96 bits per heavy atom. The number of amides is 1. The van der Waals surface area contributed by atoms with Gasteiger partial charge in [-0.25, -0.2) is 0 Å². The predicted molar refractivity (Wildman–Crippen MR) is 94.7 cm³/mol. The number of carbonyl (C=O) groups is 1. The maximum Gasteiger partial charge on any atom is 0.253 e. The van der Waals surface area contributed by atoms with Crippen LogP contribution < -0.4 is 10.2 Å². The average Bonchev–Trinajstić information content (AvgIpc) is 3.33. The number of H-pyrrole nitrogens is 1. The molecule has 2 fully saturated rings. The molecule has 2 heterocycles. The number of benzene rings is 1. The third-order valence-corrected chi connectivity index (χ3v) is 5.20. The second-order valence-electron chi connectivity index (χ2n) is 6.67. The Balaban J connectivity index is 1.32. The number of hydrogen-bond donors (Lipinski definition) is 2. The second-order valence-corrected chi connectivity index (χ2v) is 7.08. The van der Waals surface area contributed by atoms with E-state index in [9.17, 15) is 4.79 Å². The molecule has 2 N–H and O–H groups in total. The van der Waals surface area contributed by atoms with Crippen LogP contribution in [0.5, 0.6) is 0 Å². The largest absolute Gasteiger partial charge is 0.355 e. The minimum absolute atomic E-state index is 0.0881. The fourth-order valence-electron chi connectivity index (χ4n) is 3.25. The van der Waals surface area contributed by atoms with Crippen molar-refractivity contribution in [2.24, 2.45) is 0 Å². The Morgan fingerprint density at radius 1 is 1.21 bits per heavy atom. The van der Waals surface area contributed by atoms with Crippen LogP contribution in [-0.4, -0.2) is 35.2 Å². The van der Waals surface area contributed by atoms with Gasteiger partial charge in [0.15, 0.2) is 5.82 Å². The molecule has 0 unspecified atom stereocenters. The number of halogens is 1. The Kier molecular flexibility index (Phi) is 4.19. The fourth-order valence-corrected chi connectivity index (χ4v) is 3.47. The molecule has 0 spiro atoms. The summed E-state index contributed by atoms with van der Waals surface area (Å²) in [4.78, 5) is 14.6. The van der Waals surface area contributed by atoms with E-state index in [4.69, 9.17) is 11.6 Å². The zero-order valence-corrected chi connectivity index (χ0v) is 14.2. The molecule has 1 amide bonds. The Bertz CT molecular complexity index is 732. The lowest BCUT2D eigenvalue weighted by molar-refractivity contribution is 0.0931. The molecule has 1 aliphatic heterocycles. The summed E-state index contributed by atoms with van der Waals surface area (Å²) in [5, 5.41) is 11.2. The van der Waals surface area contributed by atoms with Gasteiger partial charge in [-0.2, -0.15) is 5.10 Å². The SMILES string of the molecule is O=C(NC1CCN(c2cc(C3CC3)[nH]n2)CC1)c1ccccc1Cl. The Labute approximate surface area is 146 Å². The summed E-state index contributed by atoms with van der Waals surface area (Å²) in [5.41, 5.74) is 1.81. The van der Waals surface area contributed by atoms with Gasteiger partial charge in [0, 0.05) is 36.8 Å². The highest BCUT2D eigenvalue weighted by Gasteiger charge is 2.28.